The smallest absolute Gasteiger partial charge is 0.150 e. The van der Waals surface area contributed by atoms with Crippen LogP contribution in [0.15, 0.2) is 0 Å². The van der Waals surface area contributed by atoms with Gasteiger partial charge >= 0.3 is 0 Å². The van der Waals surface area contributed by atoms with Crippen molar-refractivity contribution in [2.45, 2.75) is 12.8 Å². The number of rotatable bonds is 1. The van der Waals surface area contributed by atoms with E-state index in [-0.39, 0.29) is 0 Å². The van der Waals surface area contributed by atoms with Crippen molar-refractivity contribution in [1.82, 2.24) is 4.31 Å². The third kappa shape index (κ3) is 1.39. The van der Waals surface area contributed by atoms with E-state index in [4.69, 9.17) is 5.26 Å². The van der Waals surface area contributed by atoms with Crippen LogP contribution < -0.4 is 0 Å². The summed E-state index contributed by atoms with van der Waals surface area (Å²) in [5.41, 5.74) is 0. The van der Waals surface area contributed by atoms with E-state index in [1.54, 1.807) is 0 Å². The van der Waals surface area contributed by atoms with E-state index >= 15 is 0 Å². The molecule has 1 aliphatic heterocycles. The Labute approximate surface area is 53.6 Å². The first-order chi connectivity index (χ1) is 3.93. The molecule has 1 fully saturated rings. The van der Waals surface area contributed by atoms with Crippen LogP contribution >= 0.6 is 11.9 Å². The Bertz CT molecular complexity index is 101. The summed E-state index contributed by atoms with van der Waals surface area (Å²) in [5, 5.41) is 10.3. The number of hydrogen-bond acceptors (Lipinski definition) is 3. The Morgan fingerprint density at radius 2 is 2.00 bits per heavy atom. The molecule has 0 radical (unpaired) electrons. The van der Waals surface area contributed by atoms with Gasteiger partial charge in [0.25, 0.3) is 0 Å². The predicted octanol–water partition coefficient (Wildman–Crippen LogP) is 1.21. The maximum Gasteiger partial charge on any atom is 0.150 e. The first kappa shape index (κ1) is 5.93. The van der Waals surface area contributed by atoms with Crippen molar-refractivity contribution in [3.63, 3.8) is 0 Å². The lowest BCUT2D eigenvalue weighted by Crippen LogP contribution is -2.06. The van der Waals surface area contributed by atoms with E-state index < -0.39 is 0 Å². The first-order valence-corrected chi connectivity index (χ1v) is 3.52. The Kier molecular flexibility index (Phi) is 2.19. The van der Waals surface area contributed by atoms with Crippen molar-refractivity contribution in [1.29, 1.82) is 5.26 Å². The summed E-state index contributed by atoms with van der Waals surface area (Å²) in [5.74, 6) is 0. The minimum Gasteiger partial charge on any atom is -0.238 e. The van der Waals surface area contributed by atoms with Crippen molar-refractivity contribution < 1.29 is 0 Å². The maximum atomic E-state index is 8.20. The van der Waals surface area contributed by atoms with Crippen molar-refractivity contribution in [2.75, 3.05) is 13.1 Å². The molecule has 0 bridgehead atoms. The molecule has 8 heavy (non-hydrogen) atoms. The Hall–Kier alpha value is -0.200. The molecule has 1 rings (SSSR count). The van der Waals surface area contributed by atoms with Crippen LogP contribution in [0.3, 0.4) is 0 Å². The molecule has 0 saturated carbocycles. The zero-order valence-electron chi connectivity index (χ0n) is 4.63. The van der Waals surface area contributed by atoms with Gasteiger partial charge in [-0.1, -0.05) is 0 Å². The summed E-state index contributed by atoms with van der Waals surface area (Å²) >= 11 is 1.28. The molecule has 0 amide bonds. The van der Waals surface area contributed by atoms with Gasteiger partial charge in [0.1, 0.15) is 5.40 Å². The molecule has 0 aromatic carbocycles. The van der Waals surface area contributed by atoms with Gasteiger partial charge in [-0.25, -0.2) is 4.31 Å². The quantitative estimate of drug-likeness (QED) is 0.392. The summed E-state index contributed by atoms with van der Waals surface area (Å²) in [6.45, 7) is 2.19. The van der Waals surface area contributed by atoms with Gasteiger partial charge in [-0.05, 0) is 12.8 Å². The number of nitriles is 1. The minimum absolute atomic E-state index is 1.10. The largest absolute Gasteiger partial charge is 0.238 e. The molecule has 1 saturated heterocycles. The molecule has 3 heteroatoms. The van der Waals surface area contributed by atoms with Gasteiger partial charge in [0.05, 0.1) is 0 Å². The fourth-order valence-electron chi connectivity index (χ4n) is 0.837. The molecular formula is C5H8N2S. The highest BCUT2D eigenvalue weighted by molar-refractivity contribution is 8.01. The standard InChI is InChI=1S/C5H8N2S/c6-5-8-7-3-1-2-4-7/h1-4H2. The Morgan fingerprint density at radius 1 is 1.38 bits per heavy atom. The fourth-order valence-corrected chi connectivity index (χ4v) is 1.39. The Morgan fingerprint density at radius 3 is 2.50 bits per heavy atom. The van der Waals surface area contributed by atoms with E-state index in [0.717, 1.165) is 13.1 Å². The molecular weight excluding hydrogens is 120 g/mol. The highest BCUT2D eigenvalue weighted by Gasteiger charge is 2.10. The van der Waals surface area contributed by atoms with Crippen LogP contribution in [0.4, 0.5) is 0 Å². The summed E-state index contributed by atoms with van der Waals surface area (Å²) in [6.07, 6.45) is 2.52. The molecule has 1 heterocycles. The fraction of sp³-hybridized carbons (Fsp3) is 0.800. The van der Waals surface area contributed by atoms with Gasteiger partial charge in [0.2, 0.25) is 0 Å². The van der Waals surface area contributed by atoms with Gasteiger partial charge in [-0.3, -0.25) is 0 Å². The van der Waals surface area contributed by atoms with Gasteiger partial charge in [0, 0.05) is 25.0 Å². The molecule has 0 unspecified atom stereocenters. The molecule has 1 aliphatic rings. The average molecular weight is 128 g/mol. The van der Waals surface area contributed by atoms with E-state index in [1.165, 1.54) is 24.8 Å². The minimum atomic E-state index is 1.10. The summed E-state index contributed by atoms with van der Waals surface area (Å²) in [4.78, 5) is 0. The first-order valence-electron chi connectivity index (χ1n) is 2.74. The summed E-state index contributed by atoms with van der Waals surface area (Å²) in [7, 11) is 0. The molecule has 0 aromatic rings. The molecule has 0 aromatic heterocycles. The lowest BCUT2D eigenvalue weighted by atomic mass is 10.4. The second-order valence-electron chi connectivity index (χ2n) is 1.82. The van der Waals surface area contributed by atoms with Crippen molar-refractivity contribution in [2.24, 2.45) is 0 Å². The predicted molar refractivity (Wildman–Crippen MR) is 34.0 cm³/mol. The Balaban J connectivity index is 2.17. The summed E-state index contributed by atoms with van der Waals surface area (Å²) in [6, 6.07) is 0. The second-order valence-corrected chi connectivity index (χ2v) is 2.70. The monoisotopic (exact) mass is 128 g/mol. The van der Waals surface area contributed by atoms with Crippen LogP contribution in [-0.4, -0.2) is 17.4 Å². The molecule has 0 N–H and O–H groups in total. The molecule has 44 valence electrons. The number of nitrogens with zero attached hydrogens (tertiary/aromatic N) is 2. The average Bonchev–Trinajstić information content (AvgIpc) is 2.19. The maximum absolute atomic E-state index is 8.20. The van der Waals surface area contributed by atoms with Crippen molar-refractivity contribution in [3.05, 3.63) is 0 Å². The van der Waals surface area contributed by atoms with Crippen LogP contribution in [0.5, 0.6) is 0 Å². The van der Waals surface area contributed by atoms with Gasteiger partial charge in [-0.2, -0.15) is 5.26 Å². The number of thiocyanates is 1. The lowest BCUT2D eigenvalue weighted by Gasteiger charge is -2.04. The van der Waals surface area contributed by atoms with E-state index in [0.29, 0.717) is 0 Å². The highest BCUT2D eigenvalue weighted by Crippen LogP contribution is 2.15. The van der Waals surface area contributed by atoms with Crippen LogP contribution in [-0.2, 0) is 0 Å². The van der Waals surface area contributed by atoms with Crippen molar-refractivity contribution >= 4 is 11.9 Å². The SMILES string of the molecule is N#CSN1CCCC1. The zero-order chi connectivity index (χ0) is 5.82. The van der Waals surface area contributed by atoms with Crippen LogP contribution in [0, 0.1) is 10.7 Å². The number of hydrogen-bond donors (Lipinski definition) is 0. The molecule has 2 nitrogen and oxygen atoms in total. The second kappa shape index (κ2) is 2.95. The van der Waals surface area contributed by atoms with E-state index in [9.17, 15) is 0 Å². The van der Waals surface area contributed by atoms with Crippen LogP contribution in [0.2, 0.25) is 0 Å². The van der Waals surface area contributed by atoms with Gasteiger partial charge in [0.15, 0.2) is 0 Å². The molecule has 0 atom stereocenters. The van der Waals surface area contributed by atoms with E-state index in [1.807, 2.05) is 0 Å². The van der Waals surface area contributed by atoms with Crippen LogP contribution in [0.1, 0.15) is 12.8 Å². The van der Waals surface area contributed by atoms with E-state index in [2.05, 4.69) is 9.71 Å². The molecule has 0 spiro atoms. The third-order valence-electron chi connectivity index (χ3n) is 1.23. The highest BCUT2D eigenvalue weighted by atomic mass is 32.2. The summed E-state index contributed by atoms with van der Waals surface area (Å²) < 4.78 is 2.10. The normalized spacial score (nSPS) is 20.9. The van der Waals surface area contributed by atoms with Gasteiger partial charge < -0.3 is 0 Å². The topological polar surface area (TPSA) is 27.0 Å². The zero-order valence-corrected chi connectivity index (χ0v) is 5.45. The van der Waals surface area contributed by atoms with Crippen LogP contribution in [0.25, 0.3) is 0 Å². The third-order valence-corrected chi connectivity index (χ3v) is 1.94. The molecule has 0 aliphatic carbocycles. The van der Waals surface area contributed by atoms with Gasteiger partial charge in [-0.15, -0.1) is 0 Å². The van der Waals surface area contributed by atoms with Crippen molar-refractivity contribution in [3.8, 4) is 5.40 Å². The lowest BCUT2D eigenvalue weighted by molar-refractivity contribution is 0.591.